The van der Waals surface area contributed by atoms with Crippen LogP contribution in [-0.4, -0.2) is 26.1 Å². The Balaban J connectivity index is 1.83. The quantitative estimate of drug-likeness (QED) is 0.346. The first-order chi connectivity index (χ1) is 14.7. The number of alkyl halides is 2. The lowest BCUT2D eigenvalue weighted by Crippen LogP contribution is -2.14. The number of allylic oxidation sites excluding steroid dienone is 1. The summed E-state index contributed by atoms with van der Waals surface area (Å²) in [5, 5.41) is 27.7. The number of amides is 1. The van der Waals surface area contributed by atoms with Crippen molar-refractivity contribution in [2.24, 2.45) is 7.05 Å². The van der Waals surface area contributed by atoms with E-state index in [0.29, 0.717) is 0 Å². The third kappa shape index (κ3) is 5.16. The number of benzene rings is 1. The highest BCUT2D eigenvalue weighted by Gasteiger charge is 2.34. The number of nitrogens with one attached hydrogen (secondary N) is 1. The molecule has 0 aliphatic carbocycles. The molecule has 0 spiro atoms. The minimum absolute atomic E-state index is 0.0331. The van der Waals surface area contributed by atoms with Gasteiger partial charge in [0.1, 0.15) is 17.3 Å². The van der Waals surface area contributed by atoms with Gasteiger partial charge in [0.15, 0.2) is 6.29 Å². The predicted octanol–water partition coefficient (Wildman–Crippen LogP) is 4.55. The molecule has 0 aliphatic rings. The van der Waals surface area contributed by atoms with Crippen LogP contribution >= 0.6 is 11.3 Å². The molecule has 31 heavy (non-hydrogen) atoms. The van der Waals surface area contributed by atoms with E-state index in [0.717, 1.165) is 23.0 Å². The van der Waals surface area contributed by atoms with Crippen LogP contribution in [0, 0.1) is 0 Å². The maximum Gasteiger partial charge on any atom is 0.412 e. The second-order valence-electron chi connectivity index (χ2n) is 6.69. The van der Waals surface area contributed by atoms with Crippen LogP contribution in [0.15, 0.2) is 54.4 Å². The number of carbonyl (C=O) groups is 1. The van der Waals surface area contributed by atoms with Crippen LogP contribution in [0.4, 0.5) is 18.6 Å². The number of anilines is 1. The molecule has 164 valence electrons. The maximum absolute atomic E-state index is 14.2. The zero-order chi connectivity index (χ0) is 22.6. The fraction of sp³-hybridized carbons (Fsp3) is 0.238. The Labute approximate surface area is 181 Å². The highest BCUT2D eigenvalue weighted by atomic mass is 32.1. The van der Waals surface area contributed by atoms with Gasteiger partial charge in [0.25, 0.3) is 5.92 Å². The van der Waals surface area contributed by atoms with Crippen molar-refractivity contribution in [2.75, 3.05) is 5.32 Å². The summed E-state index contributed by atoms with van der Waals surface area (Å²) in [7, 11) is 1.47. The molecule has 7 nitrogen and oxygen atoms in total. The second-order valence-corrected chi connectivity index (χ2v) is 7.57. The van der Waals surface area contributed by atoms with Crippen LogP contribution in [0.2, 0.25) is 0 Å². The van der Waals surface area contributed by atoms with Crippen LogP contribution in [-0.2, 0) is 24.3 Å². The lowest BCUT2D eigenvalue weighted by molar-refractivity contribution is -0.0412. The number of halogens is 2. The average molecular weight is 449 g/mol. The van der Waals surface area contributed by atoms with Crippen molar-refractivity contribution in [1.29, 1.82) is 0 Å². The van der Waals surface area contributed by atoms with Crippen LogP contribution in [0.1, 0.15) is 29.5 Å². The molecule has 0 saturated carbocycles. The largest absolute Gasteiger partial charge is 0.444 e. The van der Waals surface area contributed by atoms with E-state index in [1.54, 1.807) is 12.1 Å². The number of nitrogens with zero attached hydrogens (tertiary/aromatic N) is 2. The van der Waals surface area contributed by atoms with Gasteiger partial charge in [-0.25, -0.2) is 4.79 Å². The molecule has 0 unspecified atom stereocenters. The predicted molar refractivity (Wildman–Crippen MR) is 113 cm³/mol. The van der Waals surface area contributed by atoms with Gasteiger partial charge in [0.2, 0.25) is 0 Å². The second kappa shape index (κ2) is 9.38. The average Bonchev–Trinajstić information content (AvgIpc) is 3.31. The summed E-state index contributed by atoms with van der Waals surface area (Å²) >= 11 is 1.01. The molecule has 2 aromatic heterocycles. The molecule has 0 radical (unpaired) electrons. The number of thiophene rings is 1. The molecule has 3 rings (SSSR count). The number of aliphatic hydroxyl groups is 2. The summed E-state index contributed by atoms with van der Waals surface area (Å²) in [5.41, 5.74) is 0.780. The molecule has 0 saturated heterocycles. The van der Waals surface area contributed by atoms with Crippen molar-refractivity contribution in [2.45, 2.75) is 25.2 Å². The van der Waals surface area contributed by atoms with E-state index in [1.165, 1.54) is 23.2 Å². The number of carbonyl (C=O) groups excluding carboxylic acids is 1. The first-order valence-corrected chi connectivity index (χ1v) is 10.1. The van der Waals surface area contributed by atoms with Gasteiger partial charge in [0, 0.05) is 24.4 Å². The van der Waals surface area contributed by atoms with Gasteiger partial charge in [-0.1, -0.05) is 36.4 Å². The van der Waals surface area contributed by atoms with Crippen LogP contribution in [0.3, 0.4) is 0 Å². The zero-order valence-electron chi connectivity index (χ0n) is 16.6. The first-order valence-electron chi connectivity index (χ1n) is 9.21. The summed E-state index contributed by atoms with van der Waals surface area (Å²) in [5.74, 6) is -3.21. The van der Waals surface area contributed by atoms with Gasteiger partial charge < -0.3 is 14.9 Å². The molecule has 10 heteroatoms. The van der Waals surface area contributed by atoms with Gasteiger partial charge in [-0.3, -0.25) is 10.00 Å². The van der Waals surface area contributed by atoms with E-state index in [9.17, 15) is 23.8 Å². The standard InChI is InChI=1S/C21H21F2N3O4S/c1-3-9-21(22,23)16-10-15(26(2)25-16)14-12-31-18(17(14)19(27)28)24-20(29)30-11-13-7-5-4-6-8-13/h3-8,10,12,19,27-28H,1,9,11H2,2H3,(H,24,29). The Kier molecular flexibility index (Phi) is 6.84. The van der Waals surface area contributed by atoms with Gasteiger partial charge >= 0.3 is 6.09 Å². The molecule has 0 atom stereocenters. The third-order valence-corrected chi connectivity index (χ3v) is 5.36. The highest BCUT2D eigenvalue weighted by molar-refractivity contribution is 7.15. The summed E-state index contributed by atoms with van der Waals surface area (Å²) in [6.45, 7) is 3.36. The van der Waals surface area contributed by atoms with Gasteiger partial charge in [0.05, 0.1) is 11.3 Å². The molecular weight excluding hydrogens is 428 g/mol. The molecule has 1 aromatic carbocycles. The summed E-state index contributed by atoms with van der Waals surface area (Å²) < 4.78 is 34.8. The Morgan fingerprint density at radius 1 is 1.39 bits per heavy atom. The SMILES string of the molecule is C=CCC(F)(F)c1cc(-c2csc(NC(=O)OCc3ccccc3)c2C(O)O)n(C)n1. The third-order valence-electron chi connectivity index (χ3n) is 4.45. The van der Waals surface area contributed by atoms with Gasteiger partial charge in [-0.05, 0) is 11.6 Å². The van der Waals surface area contributed by atoms with Crippen LogP contribution in [0.25, 0.3) is 11.3 Å². The topological polar surface area (TPSA) is 96.6 Å². The fourth-order valence-corrected chi connectivity index (χ4v) is 3.92. The number of hydrogen-bond acceptors (Lipinski definition) is 6. The molecule has 1 amide bonds. The first kappa shape index (κ1) is 22.6. The molecule has 3 N–H and O–H groups in total. The summed E-state index contributed by atoms with van der Waals surface area (Å²) in [4.78, 5) is 12.2. The normalized spacial score (nSPS) is 11.5. The smallest absolute Gasteiger partial charge is 0.412 e. The maximum atomic E-state index is 14.2. The van der Waals surface area contributed by atoms with E-state index in [2.05, 4.69) is 17.0 Å². The number of rotatable bonds is 8. The number of aliphatic hydroxyl groups excluding tert-OH is 1. The summed E-state index contributed by atoms with van der Waals surface area (Å²) in [6, 6.07) is 10.2. The molecule has 0 bridgehead atoms. The minimum atomic E-state index is -3.21. The van der Waals surface area contributed by atoms with Crippen molar-refractivity contribution < 1.29 is 28.5 Å². The van der Waals surface area contributed by atoms with Crippen molar-refractivity contribution in [3.63, 3.8) is 0 Å². The van der Waals surface area contributed by atoms with Crippen molar-refractivity contribution >= 4 is 22.4 Å². The minimum Gasteiger partial charge on any atom is -0.444 e. The lowest BCUT2D eigenvalue weighted by Gasteiger charge is -2.11. The van der Waals surface area contributed by atoms with E-state index in [-0.39, 0.29) is 28.4 Å². The number of aryl methyl sites for hydroxylation is 1. The van der Waals surface area contributed by atoms with E-state index < -0.39 is 30.4 Å². The molecule has 0 aliphatic heterocycles. The Morgan fingerprint density at radius 2 is 2.10 bits per heavy atom. The zero-order valence-corrected chi connectivity index (χ0v) is 17.4. The van der Waals surface area contributed by atoms with Gasteiger partial charge in [-0.2, -0.15) is 13.9 Å². The highest BCUT2D eigenvalue weighted by Crippen LogP contribution is 2.41. The number of aromatic nitrogens is 2. The number of ether oxygens (including phenoxy) is 1. The van der Waals surface area contributed by atoms with E-state index in [4.69, 9.17) is 4.74 Å². The van der Waals surface area contributed by atoms with E-state index >= 15 is 0 Å². The van der Waals surface area contributed by atoms with Crippen molar-refractivity contribution in [3.8, 4) is 11.3 Å². The Morgan fingerprint density at radius 3 is 2.74 bits per heavy atom. The summed E-state index contributed by atoms with van der Waals surface area (Å²) in [6.07, 6.45) is -2.23. The van der Waals surface area contributed by atoms with Crippen molar-refractivity contribution in [1.82, 2.24) is 9.78 Å². The van der Waals surface area contributed by atoms with Crippen molar-refractivity contribution in [3.05, 3.63) is 71.3 Å². The molecular formula is C21H21F2N3O4S. The molecule has 2 heterocycles. The Bertz CT molecular complexity index is 1060. The van der Waals surface area contributed by atoms with Crippen LogP contribution in [0.5, 0.6) is 0 Å². The Hall–Kier alpha value is -3.08. The van der Waals surface area contributed by atoms with Crippen LogP contribution < -0.4 is 5.32 Å². The fourth-order valence-electron chi connectivity index (χ4n) is 2.95. The monoisotopic (exact) mass is 449 g/mol. The van der Waals surface area contributed by atoms with E-state index in [1.807, 2.05) is 18.2 Å². The lowest BCUT2D eigenvalue weighted by atomic mass is 10.1. The van der Waals surface area contributed by atoms with Gasteiger partial charge in [-0.15, -0.1) is 17.9 Å². The molecule has 0 fully saturated rings. The molecule has 3 aromatic rings. The number of hydrogen-bond donors (Lipinski definition) is 3.